The van der Waals surface area contributed by atoms with E-state index in [0.29, 0.717) is 27.4 Å². The number of rotatable bonds is 6. The Bertz CT molecular complexity index is 974. The number of nitrogens with one attached hydrogen (secondary N) is 1. The lowest BCUT2D eigenvalue weighted by molar-refractivity contribution is -0.113. The van der Waals surface area contributed by atoms with E-state index in [0.717, 1.165) is 17.0 Å². The third-order valence-electron chi connectivity index (χ3n) is 3.92. The summed E-state index contributed by atoms with van der Waals surface area (Å²) in [6.07, 6.45) is 0. The van der Waals surface area contributed by atoms with Crippen molar-refractivity contribution in [2.45, 2.75) is 25.5 Å². The van der Waals surface area contributed by atoms with E-state index in [1.54, 1.807) is 12.1 Å². The molecule has 0 aliphatic rings. The Morgan fingerprint density at radius 1 is 1.15 bits per heavy atom. The molecule has 0 radical (unpaired) electrons. The van der Waals surface area contributed by atoms with Crippen LogP contribution in [0, 0.1) is 6.92 Å². The van der Waals surface area contributed by atoms with Gasteiger partial charge in [-0.1, -0.05) is 53.2 Å². The van der Waals surface area contributed by atoms with E-state index in [2.05, 4.69) is 15.5 Å². The molecule has 0 aliphatic heterocycles. The number of benzene rings is 2. The fourth-order valence-corrected chi connectivity index (χ4v) is 3.73. The van der Waals surface area contributed by atoms with Crippen molar-refractivity contribution < 1.29 is 4.79 Å². The van der Waals surface area contributed by atoms with Crippen molar-refractivity contribution in [1.29, 1.82) is 0 Å². The molecule has 8 heteroatoms. The van der Waals surface area contributed by atoms with E-state index in [-0.39, 0.29) is 11.7 Å². The van der Waals surface area contributed by atoms with Gasteiger partial charge < -0.3 is 9.88 Å². The van der Waals surface area contributed by atoms with Gasteiger partial charge in [0.15, 0.2) is 11.0 Å². The largest absolute Gasteiger partial charge is 0.325 e. The molecule has 0 fully saturated rings. The molecular weight excluding hydrogens is 403 g/mol. The summed E-state index contributed by atoms with van der Waals surface area (Å²) >= 11 is 13.4. The van der Waals surface area contributed by atoms with Crippen molar-refractivity contribution in [3.63, 3.8) is 0 Å². The zero-order chi connectivity index (χ0) is 19.4. The lowest BCUT2D eigenvalue weighted by Gasteiger charge is -2.09. The second kappa shape index (κ2) is 8.78. The topological polar surface area (TPSA) is 59.8 Å². The monoisotopic (exact) mass is 420 g/mol. The van der Waals surface area contributed by atoms with E-state index in [1.165, 1.54) is 11.8 Å². The van der Waals surface area contributed by atoms with Gasteiger partial charge in [-0.2, -0.15) is 0 Å². The summed E-state index contributed by atoms with van der Waals surface area (Å²) < 4.78 is 1.97. The minimum Gasteiger partial charge on any atom is -0.325 e. The maximum Gasteiger partial charge on any atom is 0.234 e. The van der Waals surface area contributed by atoms with Crippen molar-refractivity contribution in [3.05, 3.63) is 58.1 Å². The van der Waals surface area contributed by atoms with E-state index in [1.807, 2.05) is 48.7 Å². The number of carbonyl (C=O) groups excluding carboxylic acids is 1. The van der Waals surface area contributed by atoms with Crippen LogP contribution in [0.15, 0.2) is 47.6 Å². The SMILES string of the molecule is CCn1c(SCC(=O)Nc2cc(Cl)ccc2C)nnc1-c1cccc(Cl)c1. The zero-order valence-electron chi connectivity index (χ0n) is 14.9. The number of anilines is 1. The highest BCUT2D eigenvalue weighted by Gasteiger charge is 2.15. The number of nitrogens with zero attached hydrogens (tertiary/aromatic N) is 3. The number of aromatic nitrogens is 3. The quantitative estimate of drug-likeness (QED) is 0.548. The Morgan fingerprint density at radius 3 is 2.67 bits per heavy atom. The Balaban J connectivity index is 1.71. The van der Waals surface area contributed by atoms with Crippen LogP contribution in [-0.4, -0.2) is 26.4 Å². The van der Waals surface area contributed by atoms with Gasteiger partial charge in [0.1, 0.15) is 0 Å². The highest BCUT2D eigenvalue weighted by atomic mass is 35.5. The molecule has 0 bridgehead atoms. The second-order valence-electron chi connectivity index (χ2n) is 5.86. The molecule has 0 saturated carbocycles. The van der Waals surface area contributed by atoms with Crippen LogP contribution in [0.5, 0.6) is 0 Å². The fraction of sp³-hybridized carbons (Fsp3) is 0.211. The van der Waals surface area contributed by atoms with Crippen molar-refractivity contribution in [1.82, 2.24) is 14.8 Å². The Morgan fingerprint density at radius 2 is 1.93 bits per heavy atom. The number of amides is 1. The number of halogens is 2. The standard InChI is InChI=1S/C19H18Cl2N4OS/c1-3-25-18(13-5-4-6-14(20)9-13)23-24-19(25)27-11-17(26)22-16-10-15(21)8-7-12(16)2/h4-10H,3,11H2,1-2H3,(H,22,26). The van der Waals surface area contributed by atoms with Crippen LogP contribution in [0.2, 0.25) is 10.0 Å². The molecule has 1 N–H and O–H groups in total. The summed E-state index contributed by atoms with van der Waals surface area (Å²) in [7, 11) is 0. The predicted octanol–water partition coefficient (Wildman–Crippen LogP) is 5.31. The van der Waals surface area contributed by atoms with Crippen LogP contribution in [0.1, 0.15) is 12.5 Å². The first-order valence-electron chi connectivity index (χ1n) is 8.36. The molecule has 1 aromatic heterocycles. The molecule has 0 saturated heterocycles. The molecule has 1 amide bonds. The number of thioether (sulfide) groups is 1. The Labute approximate surface area is 172 Å². The molecule has 27 heavy (non-hydrogen) atoms. The molecule has 0 aliphatic carbocycles. The average Bonchev–Trinajstić information content (AvgIpc) is 3.06. The molecular formula is C19H18Cl2N4OS. The molecule has 3 aromatic rings. The molecule has 0 unspecified atom stereocenters. The van der Waals surface area contributed by atoms with Gasteiger partial charge in [0.05, 0.1) is 5.75 Å². The first kappa shape index (κ1) is 19.7. The van der Waals surface area contributed by atoms with Crippen LogP contribution >= 0.6 is 35.0 Å². The summed E-state index contributed by atoms with van der Waals surface area (Å²) in [5.41, 5.74) is 2.56. The average molecular weight is 421 g/mol. The number of hydrogen-bond donors (Lipinski definition) is 1. The Kier molecular flexibility index (Phi) is 6.42. The van der Waals surface area contributed by atoms with Crippen molar-refractivity contribution in [2.24, 2.45) is 0 Å². The van der Waals surface area contributed by atoms with Gasteiger partial charge in [0, 0.05) is 27.8 Å². The fourth-order valence-electron chi connectivity index (χ4n) is 2.57. The van der Waals surface area contributed by atoms with Crippen molar-refractivity contribution >= 4 is 46.6 Å². The maximum atomic E-state index is 12.3. The molecule has 0 spiro atoms. The molecule has 5 nitrogen and oxygen atoms in total. The molecule has 1 heterocycles. The van der Waals surface area contributed by atoms with Crippen LogP contribution in [0.3, 0.4) is 0 Å². The summed E-state index contributed by atoms with van der Waals surface area (Å²) in [4.78, 5) is 12.3. The van der Waals surface area contributed by atoms with E-state index in [9.17, 15) is 4.79 Å². The maximum absolute atomic E-state index is 12.3. The lowest BCUT2D eigenvalue weighted by Crippen LogP contribution is -2.15. The first-order chi connectivity index (χ1) is 13.0. The van der Waals surface area contributed by atoms with Gasteiger partial charge in [0.25, 0.3) is 0 Å². The van der Waals surface area contributed by atoms with Crippen LogP contribution in [0.25, 0.3) is 11.4 Å². The first-order valence-corrected chi connectivity index (χ1v) is 10.1. The minimum atomic E-state index is -0.125. The highest BCUT2D eigenvalue weighted by Crippen LogP contribution is 2.26. The normalized spacial score (nSPS) is 10.8. The van der Waals surface area contributed by atoms with Crippen LogP contribution in [-0.2, 0) is 11.3 Å². The van der Waals surface area contributed by atoms with Gasteiger partial charge in [-0.05, 0) is 43.7 Å². The Hall–Kier alpha value is -2.02. The minimum absolute atomic E-state index is 0.125. The van der Waals surface area contributed by atoms with Gasteiger partial charge in [-0.15, -0.1) is 10.2 Å². The molecule has 3 rings (SSSR count). The van der Waals surface area contributed by atoms with Gasteiger partial charge in [0.2, 0.25) is 5.91 Å². The van der Waals surface area contributed by atoms with E-state index in [4.69, 9.17) is 23.2 Å². The third-order valence-corrected chi connectivity index (χ3v) is 5.36. The second-order valence-corrected chi connectivity index (χ2v) is 7.67. The highest BCUT2D eigenvalue weighted by molar-refractivity contribution is 7.99. The van der Waals surface area contributed by atoms with Crippen LogP contribution in [0.4, 0.5) is 5.69 Å². The van der Waals surface area contributed by atoms with Gasteiger partial charge >= 0.3 is 0 Å². The van der Waals surface area contributed by atoms with E-state index < -0.39 is 0 Å². The summed E-state index contributed by atoms with van der Waals surface area (Å²) in [6, 6.07) is 12.9. The zero-order valence-corrected chi connectivity index (χ0v) is 17.2. The molecule has 2 aromatic carbocycles. The predicted molar refractivity (Wildman–Crippen MR) is 112 cm³/mol. The van der Waals surface area contributed by atoms with Crippen LogP contribution < -0.4 is 5.32 Å². The third kappa shape index (κ3) is 4.83. The number of hydrogen-bond acceptors (Lipinski definition) is 4. The number of carbonyl (C=O) groups is 1. The summed E-state index contributed by atoms with van der Waals surface area (Å²) in [5.74, 6) is 0.827. The summed E-state index contributed by atoms with van der Waals surface area (Å²) in [5, 5.41) is 13.3. The van der Waals surface area contributed by atoms with E-state index >= 15 is 0 Å². The smallest absolute Gasteiger partial charge is 0.234 e. The van der Waals surface area contributed by atoms with Crippen molar-refractivity contribution in [3.8, 4) is 11.4 Å². The lowest BCUT2D eigenvalue weighted by atomic mass is 10.2. The molecule has 0 atom stereocenters. The number of aryl methyl sites for hydroxylation is 1. The van der Waals surface area contributed by atoms with Crippen molar-refractivity contribution in [2.75, 3.05) is 11.1 Å². The molecule has 140 valence electrons. The van der Waals surface area contributed by atoms with Gasteiger partial charge in [-0.25, -0.2) is 0 Å². The summed E-state index contributed by atoms with van der Waals surface area (Å²) in [6.45, 7) is 4.62. The van der Waals surface area contributed by atoms with Gasteiger partial charge in [-0.3, -0.25) is 4.79 Å².